The molecule has 7 heteroatoms. The Morgan fingerprint density at radius 1 is 1.10 bits per heavy atom. The molecule has 3 heterocycles. The summed E-state index contributed by atoms with van der Waals surface area (Å²) in [7, 11) is 0. The first-order valence-corrected chi connectivity index (χ1v) is 10.0. The molecule has 1 aliphatic rings. The van der Waals surface area contributed by atoms with Crippen LogP contribution in [-0.4, -0.2) is 26.2 Å². The summed E-state index contributed by atoms with van der Waals surface area (Å²) in [5.74, 6) is 0.369. The highest BCUT2D eigenvalue weighted by Crippen LogP contribution is 2.33. The summed E-state index contributed by atoms with van der Waals surface area (Å²) in [6, 6.07) is 18.6. The second-order valence-corrected chi connectivity index (χ2v) is 7.56. The van der Waals surface area contributed by atoms with Crippen molar-refractivity contribution in [1.29, 1.82) is 0 Å². The van der Waals surface area contributed by atoms with Crippen LogP contribution in [0.15, 0.2) is 87.4 Å². The molecule has 0 saturated heterocycles. The van der Waals surface area contributed by atoms with Crippen molar-refractivity contribution in [3.63, 3.8) is 0 Å². The van der Waals surface area contributed by atoms with Crippen LogP contribution in [0.5, 0.6) is 0 Å². The average molecular weight is 412 g/mol. The molecule has 7 nitrogen and oxygen atoms in total. The monoisotopic (exact) mass is 412 g/mol. The zero-order valence-corrected chi connectivity index (χ0v) is 16.9. The van der Waals surface area contributed by atoms with Gasteiger partial charge in [0.1, 0.15) is 18.3 Å². The summed E-state index contributed by atoms with van der Waals surface area (Å²) in [4.78, 5) is 30.0. The molecule has 5 rings (SSSR count). The van der Waals surface area contributed by atoms with E-state index < -0.39 is 0 Å². The minimum Gasteiger partial charge on any atom is -0.467 e. The lowest BCUT2D eigenvalue weighted by Crippen LogP contribution is -2.34. The Balaban J connectivity index is 1.51. The zero-order chi connectivity index (χ0) is 21.4. The van der Waals surface area contributed by atoms with Crippen molar-refractivity contribution in [2.45, 2.75) is 25.9 Å². The van der Waals surface area contributed by atoms with Gasteiger partial charge >= 0.3 is 0 Å². The number of rotatable bonds is 4. The van der Waals surface area contributed by atoms with Crippen molar-refractivity contribution in [3.8, 4) is 0 Å². The van der Waals surface area contributed by atoms with Crippen LogP contribution in [0.4, 0.5) is 0 Å². The molecule has 0 radical (unpaired) electrons. The maximum absolute atomic E-state index is 13.3. The van der Waals surface area contributed by atoms with E-state index in [-0.39, 0.29) is 24.1 Å². The van der Waals surface area contributed by atoms with Crippen molar-refractivity contribution in [2.75, 3.05) is 0 Å². The smallest absolute Gasteiger partial charge is 0.269 e. The number of aromatic nitrogens is 2. The molecule has 0 saturated carbocycles. The maximum Gasteiger partial charge on any atom is 0.269 e. The SMILES string of the molecule is Cc1ccc(C2=NN(C(=O)Cn3c(=O)cnc4ccccc43)[C@H](c3ccco3)C2)cc1. The quantitative estimate of drug-likeness (QED) is 0.512. The summed E-state index contributed by atoms with van der Waals surface area (Å²) in [5.41, 5.74) is 3.86. The lowest BCUT2D eigenvalue weighted by molar-refractivity contribution is -0.134. The first-order valence-electron chi connectivity index (χ1n) is 10.0. The number of aryl methyl sites for hydroxylation is 1. The predicted octanol–water partition coefficient (Wildman–Crippen LogP) is 3.68. The number of nitrogens with zero attached hydrogens (tertiary/aromatic N) is 4. The highest BCUT2D eigenvalue weighted by molar-refractivity contribution is 6.03. The number of fused-ring (bicyclic) bond motifs is 1. The Morgan fingerprint density at radius 2 is 1.90 bits per heavy atom. The number of benzene rings is 2. The number of amides is 1. The normalized spacial score (nSPS) is 16.0. The molecule has 0 N–H and O–H groups in total. The van der Waals surface area contributed by atoms with Gasteiger partial charge in [-0.25, -0.2) is 9.99 Å². The fraction of sp³-hybridized carbons (Fsp3) is 0.167. The minimum absolute atomic E-state index is 0.135. The summed E-state index contributed by atoms with van der Waals surface area (Å²) < 4.78 is 7.03. The fourth-order valence-electron chi connectivity index (χ4n) is 3.85. The van der Waals surface area contributed by atoms with E-state index in [9.17, 15) is 9.59 Å². The second kappa shape index (κ2) is 7.68. The molecule has 0 spiro atoms. The highest BCUT2D eigenvalue weighted by Gasteiger charge is 2.35. The lowest BCUT2D eigenvalue weighted by atomic mass is 10.0. The Morgan fingerprint density at radius 3 is 2.68 bits per heavy atom. The van der Waals surface area contributed by atoms with Crippen LogP contribution in [0.25, 0.3) is 11.0 Å². The van der Waals surface area contributed by atoms with Gasteiger partial charge < -0.3 is 4.42 Å². The van der Waals surface area contributed by atoms with Crippen molar-refractivity contribution in [3.05, 3.63) is 100 Å². The number of carbonyl (C=O) groups excluding carboxylic acids is 1. The number of hydrogen-bond donors (Lipinski definition) is 0. The van der Waals surface area contributed by atoms with Crippen molar-refractivity contribution in [1.82, 2.24) is 14.6 Å². The number of hydrogen-bond acceptors (Lipinski definition) is 5. The van der Waals surface area contributed by atoms with Crippen LogP contribution in [-0.2, 0) is 11.3 Å². The van der Waals surface area contributed by atoms with Gasteiger partial charge in [-0.2, -0.15) is 5.10 Å². The van der Waals surface area contributed by atoms with Crippen LogP contribution in [0.1, 0.15) is 29.3 Å². The third-order valence-corrected chi connectivity index (χ3v) is 5.47. The Bertz CT molecular complexity index is 1340. The van der Waals surface area contributed by atoms with Gasteiger partial charge in [0.15, 0.2) is 0 Å². The second-order valence-electron chi connectivity index (χ2n) is 7.56. The molecule has 1 atom stereocenters. The average Bonchev–Trinajstić information content (AvgIpc) is 3.46. The van der Waals surface area contributed by atoms with Gasteiger partial charge in [0.2, 0.25) is 0 Å². The van der Waals surface area contributed by atoms with Crippen LogP contribution < -0.4 is 5.56 Å². The van der Waals surface area contributed by atoms with Crippen LogP contribution in [0.2, 0.25) is 0 Å². The molecular formula is C24H20N4O3. The van der Waals surface area contributed by atoms with Gasteiger partial charge in [0.25, 0.3) is 11.5 Å². The summed E-state index contributed by atoms with van der Waals surface area (Å²) >= 11 is 0. The first-order chi connectivity index (χ1) is 15.1. The molecule has 4 aromatic rings. The molecule has 31 heavy (non-hydrogen) atoms. The Kier molecular flexibility index (Phi) is 4.71. The van der Waals surface area contributed by atoms with Gasteiger partial charge in [0.05, 0.1) is 29.2 Å². The van der Waals surface area contributed by atoms with Gasteiger partial charge in [-0.05, 0) is 36.8 Å². The standard InChI is InChI=1S/C24H20N4O3/c1-16-8-10-17(11-9-16)19-13-21(22-7-4-12-31-22)28(26-19)24(30)15-27-20-6-3-2-5-18(20)25-14-23(27)29/h2-12,14,21H,13,15H2,1H3/t21-/m0/s1. The van der Waals surface area contributed by atoms with Gasteiger partial charge in [0, 0.05) is 6.42 Å². The van der Waals surface area contributed by atoms with Crippen LogP contribution in [0, 0.1) is 6.92 Å². The molecule has 0 bridgehead atoms. The fourth-order valence-corrected chi connectivity index (χ4v) is 3.85. The van der Waals surface area contributed by atoms with Gasteiger partial charge in [-0.3, -0.25) is 14.2 Å². The Labute approximate surface area is 178 Å². The highest BCUT2D eigenvalue weighted by atomic mass is 16.3. The number of furan rings is 1. The summed E-state index contributed by atoms with van der Waals surface area (Å²) in [6.45, 7) is 1.89. The summed E-state index contributed by atoms with van der Waals surface area (Å²) in [5, 5.41) is 6.08. The predicted molar refractivity (Wildman–Crippen MR) is 117 cm³/mol. The molecule has 0 unspecified atom stereocenters. The van der Waals surface area contributed by atoms with E-state index in [0.29, 0.717) is 23.2 Å². The van der Waals surface area contributed by atoms with Crippen molar-refractivity contribution in [2.24, 2.45) is 5.10 Å². The van der Waals surface area contributed by atoms with Crippen LogP contribution >= 0.6 is 0 Å². The van der Waals surface area contributed by atoms with E-state index in [2.05, 4.69) is 10.1 Å². The van der Waals surface area contributed by atoms with Gasteiger partial charge in [-0.1, -0.05) is 42.0 Å². The van der Waals surface area contributed by atoms with E-state index in [1.807, 2.05) is 55.5 Å². The number of hydrazone groups is 1. The molecule has 154 valence electrons. The van der Waals surface area contributed by atoms with E-state index >= 15 is 0 Å². The van der Waals surface area contributed by atoms with E-state index in [1.165, 1.54) is 15.8 Å². The van der Waals surface area contributed by atoms with Gasteiger partial charge in [-0.15, -0.1) is 0 Å². The van der Waals surface area contributed by atoms with E-state index in [0.717, 1.165) is 16.8 Å². The summed E-state index contributed by atoms with van der Waals surface area (Å²) in [6.07, 6.45) is 3.36. The van der Waals surface area contributed by atoms with E-state index in [4.69, 9.17) is 4.42 Å². The molecular weight excluding hydrogens is 392 g/mol. The zero-order valence-electron chi connectivity index (χ0n) is 16.9. The molecule has 2 aromatic heterocycles. The number of para-hydroxylation sites is 2. The maximum atomic E-state index is 13.3. The molecule has 2 aromatic carbocycles. The number of carbonyl (C=O) groups is 1. The largest absolute Gasteiger partial charge is 0.467 e. The minimum atomic E-state index is -0.359. The topological polar surface area (TPSA) is 80.7 Å². The van der Waals surface area contributed by atoms with Crippen LogP contribution in [0.3, 0.4) is 0 Å². The molecule has 0 aliphatic carbocycles. The first kappa shape index (κ1) is 19.0. The molecule has 1 aliphatic heterocycles. The molecule has 0 fully saturated rings. The third-order valence-electron chi connectivity index (χ3n) is 5.47. The molecule has 1 amide bonds. The van der Waals surface area contributed by atoms with Crippen molar-refractivity contribution < 1.29 is 9.21 Å². The van der Waals surface area contributed by atoms with Crippen molar-refractivity contribution >= 4 is 22.7 Å². The lowest BCUT2D eigenvalue weighted by Gasteiger charge is -2.20. The Hall–Kier alpha value is -4.00. The third kappa shape index (κ3) is 3.54. The van der Waals surface area contributed by atoms with E-state index in [1.54, 1.807) is 18.4 Å².